The van der Waals surface area contributed by atoms with Crippen molar-refractivity contribution < 1.29 is 9.84 Å². The van der Waals surface area contributed by atoms with Gasteiger partial charge >= 0.3 is 0 Å². The second-order valence-electron chi connectivity index (χ2n) is 2.97. The first kappa shape index (κ1) is 12.3. The Kier molecular flexibility index (Phi) is 8.88. The Morgan fingerprint density at radius 1 is 1.31 bits per heavy atom. The zero-order valence-corrected chi connectivity index (χ0v) is 8.46. The molecule has 0 spiro atoms. The number of ether oxygens (including phenoxy) is 1. The predicted molar refractivity (Wildman–Crippen MR) is 54.5 cm³/mol. The summed E-state index contributed by atoms with van der Waals surface area (Å²) < 4.78 is 4.87. The number of hydrogen-bond acceptors (Lipinski definition) is 3. The molecule has 0 aromatic heterocycles. The van der Waals surface area contributed by atoms with Crippen molar-refractivity contribution in [3.63, 3.8) is 0 Å². The minimum atomic E-state index is 0.0568. The first-order valence-corrected chi connectivity index (χ1v) is 5.03. The molecule has 0 heterocycles. The number of unbranched alkanes of at least 4 members (excludes halogenated alkanes) is 4. The van der Waals surface area contributed by atoms with Crippen molar-refractivity contribution in [2.24, 2.45) is 5.73 Å². The molecule has 0 fully saturated rings. The van der Waals surface area contributed by atoms with Crippen molar-refractivity contribution in [3.05, 3.63) is 12.0 Å². The molecule has 0 aliphatic rings. The highest BCUT2D eigenvalue weighted by Gasteiger charge is 1.91. The summed E-state index contributed by atoms with van der Waals surface area (Å²) in [5, 5.41) is 9.07. The predicted octanol–water partition coefficient (Wildman–Crippen LogP) is 2.33. The Morgan fingerprint density at radius 2 is 2.00 bits per heavy atom. The smallest absolute Gasteiger partial charge is 0.272 e. The van der Waals surface area contributed by atoms with E-state index in [9.17, 15) is 0 Å². The van der Waals surface area contributed by atoms with Crippen LogP contribution in [-0.2, 0) is 4.74 Å². The number of rotatable bonds is 8. The topological polar surface area (TPSA) is 55.5 Å². The fourth-order valence-corrected chi connectivity index (χ4v) is 1.07. The summed E-state index contributed by atoms with van der Waals surface area (Å²) >= 11 is 0. The van der Waals surface area contributed by atoms with E-state index < -0.39 is 0 Å². The lowest BCUT2D eigenvalue weighted by molar-refractivity contribution is 0.101. The third-order valence-electron chi connectivity index (χ3n) is 1.77. The monoisotopic (exact) mass is 187 g/mol. The summed E-state index contributed by atoms with van der Waals surface area (Å²) in [7, 11) is 0. The van der Waals surface area contributed by atoms with E-state index in [0.717, 1.165) is 25.8 Å². The molecule has 0 aliphatic heterocycles. The lowest BCUT2D eigenvalue weighted by Crippen LogP contribution is -1.97. The van der Waals surface area contributed by atoms with Crippen LogP contribution in [0, 0.1) is 0 Å². The van der Waals surface area contributed by atoms with E-state index in [2.05, 4.69) is 0 Å². The fourth-order valence-electron chi connectivity index (χ4n) is 1.07. The Hall–Kier alpha value is -0.700. The van der Waals surface area contributed by atoms with Gasteiger partial charge in [0, 0.05) is 0 Å². The van der Waals surface area contributed by atoms with Crippen molar-refractivity contribution in [3.8, 4) is 0 Å². The molecule has 0 aromatic rings. The molecule has 0 unspecified atom stereocenters. The van der Waals surface area contributed by atoms with Crippen LogP contribution in [0.5, 0.6) is 0 Å². The van der Waals surface area contributed by atoms with Gasteiger partial charge in [-0.15, -0.1) is 0 Å². The first-order valence-electron chi connectivity index (χ1n) is 5.03. The average molecular weight is 187 g/mol. The van der Waals surface area contributed by atoms with E-state index in [-0.39, 0.29) is 5.95 Å². The summed E-state index contributed by atoms with van der Waals surface area (Å²) in [5.74, 6) is 0.0568. The maximum Gasteiger partial charge on any atom is 0.272 e. The second-order valence-corrected chi connectivity index (χ2v) is 2.97. The summed E-state index contributed by atoms with van der Waals surface area (Å²) in [6.45, 7) is 3.15. The zero-order chi connectivity index (χ0) is 9.94. The van der Waals surface area contributed by atoms with Crippen LogP contribution in [0.25, 0.3) is 0 Å². The van der Waals surface area contributed by atoms with Crippen molar-refractivity contribution >= 4 is 0 Å². The standard InChI is InChI=1S/C10H21NO2/c1-2-13-10(12)8-6-4-3-5-7-9-11/h8,12H,2-7,9,11H2,1H3. The van der Waals surface area contributed by atoms with Gasteiger partial charge in [0.2, 0.25) is 0 Å². The molecule has 0 bridgehead atoms. The van der Waals surface area contributed by atoms with Gasteiger partial charge in [0.25, 0.3) is 5.95 Å². The normalized spacial score (nSPS) is 11.7. The summed E-state index contributed by atoms with van der Waals surface area (Å²) in [4.78, 5) is 0. The molecule has 3 heteroatoms. The maximum atomic E-state index is 9.07. The fraction of sp³-hybridized carbons (Fsp3) is 0.800. The maximum absolute atomic E-state index is 9.07. The van der Waals surface area contributed by atoms with Crippen LogP contribution in [0.4, 0.5) is 0 Å². The molecule has 0 rings (SSSR count). The van der Waals surface area contributed by atoms with Gasteiger partial charge in [0.1, 0.15) is 0 Å². The Bertz CT molecular complexity index is 135. The van der Waals surface area contributed by atoms with E-state index in [4.69, 9.17) is 15.6 Å². The van der Waals surface area contributed by atoms with E-state index in [1.54, 1.807) is 6.08 Å². The number of allylic oxidation sites excluding steroid dienone is 1. The van der Waals surface area contributed by atoms with Crippen LogP contribution in [-0.4, -0.2) is 18.3 Å². The third-order valence-corrected chi connectivity index (χ3v) is 1.77. The molecule has 0 aromatic carbocycles. The minimum Gasteiger partial charge on any atom is -0.481 e. The van der Waals surface area contributed by atoms with Crippen molar-refractivity contribution in [1.29, 1.82) is 0 Å². The third kappa shape index (κ3) is 9.21. The lowest BCUT2D eigenvalue weighted by Gasteiger charge is -2.00. The molecule has 0 amide bonds. The van der Waals surface area contributed by atoms with Crippen LogP contribution >= 0.6 is 0 Å². The van der Waals surface area contributed by atoms with Gasteiger partial charge in [-0.05, 0) is 38.8 Å². The van der Waals surface area contributed by atoms with E-state index in [1.807, 2.05) is 6.92 Å². The molecule has 0 saturated carbocycles. The van der Waals surface area contributed by atoms with Gasteiger partial charge in [-0.25, -0.2) is 0 Å². The van der Waals surface area contributed by atoms with E-state index >= 15 is 0 Å². The molecule has 3 nitrogen and oxygen atoms in total. The summed E-state index contributed by atoms with van der Waals surface area (Å²) in [6.07, 6.45) is 7.16. The Labute approximate surface area is 80.6 Å². The van der Waals surface area contributed by atoms with Crippen LogP contribution in [0.3, 0.4) is 0 Å². The molecular formula is C10H21NO2. The SMILES string of the molecule is CCOC(O)=CCCCCCCN. The highest BCUT2D eigenvalue weighted by Crippen LogP contribution is 2.04. The average Bonchev–Trinajstić information content (AvgIpc) is 2.11. The number of hydrogen-bond donors (Lipinski definition) is 2. The molecular weight excluding hydrogens is 166 g/mol. The van der Waals surface area contributed by atoms with Gasteiger partial charge < -0.3 is 15.6 Å². The van der Waals surface area contributed by atoms with Gasteiger partial charge in [-0.2, -0.15) is 0 Å². The molecule has 13 heavy (non-hydrogen) atoms. The zero-order valence-electron chi connectivity index (χ0n) is 8.46. The summed E-state index contributed by atoms with van der Waals surface area (Å²) in [5.41, 5.74) is 5.36. The molecule has 3 N–H and O–H groups in total. The quantitative estimate of drug-likeness (QED) is 0.453. The molecule has 0 saturated heterocycles. The van der Waals surface area contributed by atoms with Gasteiger partial charge in [0.15, 0.2) is 0 Å². The van der Waals surface area contributed by atoms with Crippen molar-refractivity contribution in [1.82, 2.24) is 0 Å². The largest absolute Gasteiger partial charge is 0.481 e. The highest BCUT2D eigenvalue weighted by atomic mass is 16.6. The number of nitrogens with two attached hydrogens (primary N) is 1. The van der Waals surface area contributed by atoms with Crippen LogP contribution < -0.4 is 5.73 Å². The Morgan fingerprint density at radius 3 is 2.62 bits per heavy atom. The van der Waals surface area contributed by atoms with E-state index in [0.29, 0.717) is 6.61 Å². The molecule has 0 aliphatic carbocycles. The lowest BCUT2D eigenvalue weighted by atomic mass is 10.1. The summed E-state index contributed by atoms with van der Waals surface area (Å²) in [6, 6.07) is 0. The Balaban J connectivity index is 3.18. The van der Waals surface area contributed by atoms with Gasteiger partial charge in [-0.3, -0.25) is 0 Å². The highest BCUT2D eigenvalue weighted by molar-refractivity contribution is 4.80. The van der Waals surface area contributed by atoms with Crippen LogP contribution in [0.1, 0.15) is 39.0 Å². The molecule has 0 radical (unpaired) electrons. The van der Waals surface area contributed by atoms with Crippen molar-refractivity contribution in [2.75, 3.05) is 13.2 Å². The van der Waals surface area contributed by atoms with E-state index in [1.165, 1.54) is 12.8 Å². The van der Waals surface area contributed by atoms with Gasteiger partial charge in [-0.1, -0.05) is 12.8 Å². The number of aliphatic hydroxyl groups excluding tert-OH is 1. The first-order chi connectivity index (χ1) is 6.31. The molecule has 0 atom stereocenters. The van der Waals surface area contributed by atoms with Crippen molar-refractivity contribution in [2.45, 2.75) is 39.0 Å². The minimum absolute atomic E-state index is 0.0568. The van der Waals surface area contributed by atoms with Gasteiger partial charge in [0.05, 0.1) is 6.61 Å². The molecule has 78 valence electrons. The van der Waals surface area contributed by atoms with Crippen LogP contribution in [0.15, 0.2) is 12.0 Å². The number of aliphatic hydroxyl groups is 1. The second kappa shape index (κ2) is 9.39. The van der Waals surface area contributed by atoms with Crippen LogP contribution in [0.2, 0.25) is 0 Å².